The van der Waals surface area contributed by atoms with Crippen molar-refractivity contribution in [2.45, 2.75) is 37.1 Å². The molecule has 1 aromatic rings. The Morgan fingerprint density at radius 3 is 2.79 bits per heavy atom. The molecule has 1 unspecified atom stereocenters. The molecule has 1 atom stereocenters. The Bertz CT molecular complexity index is 802. The number of benzene rings is 1. The number of fused-ring (bicyclic) bond motifs is 1. The maximum atomic E-state index is 13.0. The Hall–Kier alpha value is -2.08. The van der Waals surface area contributed by atoms with Gasteiger partial charge in [0.2, 0.25) is 0 Å². The summed E-state index contributed by atoms with van der Waals surface area (Å²) in [7, 11) is 0.830. The molecular formula is C19H21N3OS. The molecule has 2 aliphatic rings. The van der Waals surface area contributed by atoms with Gasteiger partial charge in [-0.05, 0) is 57.1 Å². The zero-order chi connectivity index (χ0) is 17.1. The molecule has 4 nitrogen and oxygen atoms in total. The van der Waals surface area contributed by atoms with Crippen molar-refractivity contribution in [2.24, 2.45) is 0 Å². The molecular weight excluding hydrogens is 318 g/mol. The summed E-state index contributed by atoms with van der Waals surface area (Å²) in [5.74, 6) is 5.79. The average molecular weight is 339 g/mol. The van der Waals surface area contributed by atoms with Crippen LogP contribution in [-0.4, -0.2) is 35.3 Å². The molecule has 0 spiro atoms. The summed E-state index contributed by atoms with van der Waals surface area (Å²) in [6.07, 6.45) is 2.39. The number of nitrogens with one attached hydrogen (secondary N) is 1. The lowest BCUT2D eigenvalue weighted by molar-refractivity contribution is 0.264. The topological polar surface area (TPSA) is 56.1 Å². The van der Waals surface area contributed by atoms with E-state index in [1.165, 1.54) is 0 Å². The lowest BCUT2D eigenvalue weighted by Gasteiger charge is -2.30. The molecule has 3 rings (SSSR count). The lowest BCUT2D eigenvalue weighted by Crippen LogP contribution is -2.36. The smallest absolute Gasteiger partial charge is 0.0985 e. The van der Waals surface area contributed by atoms with Crippen LogP contribution in [0.25, 0.3) is 5.57 Å². The third-order valence-corrected chi connectivity index (χ3v) is 6.09. The number of nitriles is 1. The predicted octanol–water partition coefficient (Wildman–Crippen LogP) is 2.96. The van der Waals surface area contributed by atoms with Gasteiger partial charge in [-0.2, -0.15) is 5.26 Å². The second-order valence-corrected chi connectivity index (χ2v) is 7.54. The first-order chi connectivity index (χ1) is 11.7. The van der Waals surface area contributed by atoms with Crippen molar-refractivity contribution in [3.63, 3.8) is 0 Å². The molecule has 0 radical (unpaired) electrons. The third-order valence-electron chi connectivity index (χ3n) is 4.56. The van der Waals surface area contributed by atoms with Gasteiger partial charge in [-0.25, -0.2) is 4.21 Å². The van der Waals surface area contributed by atoms with Crippen molar-refractivity contribution in [3.8, 4) is 17.9 Å². The third kappa shape index (κ3) is 3.11. The van der Waals surface area contributed by atoms with Crippen LogP contribution in [0.4, 0.5) is 5.69 Å². The van der Waals surface area contributed by atoms with Gasteiger partial charge < -0.3 is 10.2 Å². The fourth-order valence-corrected chi connectivity index (χ4v) is 4.81. The Morgan fingerprint density at radius 1 is 1.38 bits per heavy atom. The van der Waals surface area contributed by atoms with Gasteiger partial charge in [-0.1, -0.05) is 18.1 Å². The summed E-state index contributed by atoms with van der Waals surface area (Å²) in [4.78, 5) is 3.71. The first-order valence-electron chi connectivity index (χ1n) is 8.18. The molecule has 0 aliphatic carbocycles. The molecule has 0 amide bonds. The number of likely N-dealkylation sites (tertiary alicyclic amines) is 1. The highest BCUT2D eigenvalue weighted by Gasteiger charge is 2.30. The van der Waals surface area contributed by atoms with Crippen molar-refractivity contribution in [2.75, 3.05) is 25.5 Å². The molecule has 5 heteroatoms. The van der Waals surface area contributed by atoms with Crippen LogP contribution in [0, 0.1) is 23.2 Å². The summed E-state index contributed by atoms with van der Waals surface area (Å²) < 4.78 is 13.0. The Morgan fingerprint density at radius 2 is 2.12 bits per heavy atom. The lowest BCUT2D eigenvalue weighted by atomic mass is 10.0. The fraction of sp³-hybridized carbons (Fsp3) is 0.421. The van der Waals surface area contributed by atoms with Crippen LogP contribution in [0.3, 0.4) is 0 Å². The number of hydrogen-bond donors (Lipinski definition) is 1. The standard InChI is InChI=1S/C19H21N3OS/c1-3-5-18-15(8-11-20)16-6-4-7-17(19(16)24(18)23)21-14-9-12-22(2)13-10-14/h4,6-7,14,21H,8-10,12-13H2,1-2H3. The van der Waals surface area contributed by atoms with Gasteiger partial charge in [0.05, 0.1) is 38.8 Å². The number of anilines is 1. The first-order valence-corrected chi connectivity index (χ1v) is 9.33. The molecule has 24 heavy (non-hydrogen) atoms. The van der Waals surface area contributed by atoms with Crippen molar-refractivity contribution in [1.82, 2.24) is 4.90 Å². The van der Waals surface area contributed by atoms with Crippen LogP contribution in [0.2, 0.25) is 0 Å². The van der Waals surface area contributed by atoms with Crippen LogP contribution in [0.15, 0.2) is 28.0 Å². The number of piperidine rings is 1. The van der Waals surface area contributed by atoms with Crippen molar-refractivity contribution < 1.29 is 4.21 Å². The summed E-state index contributed by atoms with van der Waals surface area (Å²) >= 11 is 0. The number of hydrogen-bond acceptors (Lipinski definition) is 4. The Labute approximate surface area is 146 Å². The van der Waals surface area contributed by atoms with Crippen molar-refractivity contribution >= 4 is 22.1 Å². The minimum atomic E-state index is -1.31. The zero-order valence-electron chi connectivity index (χ0n) is 14.1. The molecule has 124 valence electrons. The summed E-state index contributed by atoms with van der Waals surface area (Å²) in [6, 6.07) is 8.47. The van der Waals surface area contributed by atoms with Crippen LogP contribution in [0.1, 0.15) is 31.7 Å². The van der Waals surface area contributed by atoms with E-state index in [1.807, 2.05) is 18.2 Å². The highest BCUT2D eigenvalue weighted by Crippen LogP contribution is 2.42. The van der Waals surface area contributed by atoms with Gasteiger partial charge in [0.1, 0.15) is 0 Å². The quantitative estimate of drug-likeness (QED) is 0.860. The van der Waals surface area contributed by atoms with Gasteiger partial charge in [0.15, 0.2) is 0 Å². The van der Waals surface area contributed by atoms with Crippen molar-refractivity contribution in [1.29, 1.82) is 5.26 Å². The molecule has 0 aromatic heterocycles. The molecule has 2 aliphatic heterocycles. The highest BCUT2D eigenvalue weighted by atomic mass is 32.2. The number of nitrogens with zero attached hydrogens (tertiary/aromatic N) is 2. The van der Waals surface area contributed by atoms with Crippen LogP contribution in [0.5, 0.6) is 0 Å². The predicted molar refractivity (Wildman–Crippen MR) is 97.6 cm³/mol. The molecule has 1 N–H and O–H groups in total. The average Bonchev–Trinajstić information content (AvgIpc) is 2.84. The van der Waals surface area contributed by atoms with Gasteiger partial charge in [0.25, 0.3) is 0 Å². The van der Waals surface area contributed by atoms with Crippen LogP contribution >= 0.6 is 0 Å². The molecule has 1 saturated heterocycles. The summed E-state index contributed by atoms with van der Waals surface area (Å²) in [6.45, 7) is 3.87. The van der Waals surface area contributed by atoms with Gasteiger partial charge in [0, 0.05) is 6.04 Å². The normalized spacial score (nSPS) is 21.0. The van der Waals surface area contributed by atoms with Gasteiger partial charge in [-0.15, -0.1) is 5.92 Å². The van der Waals surface area contributed by atoms with E-state index in [2.05, 4.69) is 35.2 Å². The van der Waals surface area contributed by atoms with E-state index < -0.39 is 10.8 Å². The monoisotopic (exact) mass is 339 g/mol. The van der Waals surface area contributed by atoms with E-state index in [-0.39, 0.29) is 6.42 Å². The van der Waals surface area contributed by atoms with E-state index in [0.717, 1.165) is 47.7 Å². The second kappa shape index (κ2) is 7.21. The Kier molecular flexibility index (Phi) is 5.04. The minimum Gasteiger partial charge on any atom is -0.381 e. The molecule has 0 saturated carbocycles. The Balaban J connectivity index is 1.94. The number of allylic oxidation sites excluding steroid dienone is 2. The van der Waals surface area contributed by atoms with E-state index >= 15 is 0 Å². The van der Waals surface area contributed by atoms with E-state index in [9.17, 15) is 4.21 Å². The number of rotatable bonds is 3. The maximum Gasteiger partial charge on any atom is 0.0985 e. The SMILES string of the molecule is CC#CC1=C(CC#N)c2cccc(NC3CCN(C)CC3)c2S1=O. The maximum absolute atomic E-state index is 13.0. The fourth-order valence-electron chi connectivity index (χ4n) is 3.29. The minimum absolute atomic E-state index is 0.237. The molecule has 0 bridgehead atoms. The molecule has 1 fully saturated rings. The van der Waals surface area contributed by atoms with E-state index in [0.29, 0.717) is 10.9 Å². The van der Waals surface area contributed by atoms with Crippen LogP contribution in [-0.2, 0) is 10.8 Å². The van der Waals surface area contributed by atoms with Crippen molar-refractivity contribution in [3.05, 3.63) is 28.7 Å². The highest BCUT2D eigenvalue weighted by molar-refractivity contribution is 7.90. The molecule has 1 aromatic carbocycles. The van der Waals surface area contributed by atoms with Crippen LogP contribution < -0.4 is 5.32 Å². The first kappa shape index (κ1) is 16.8. The molecule has 2 heterocycles. The largest absolute Gasteiger partial charge is 0.381 e. The van der Waals surface area contributed by atoms with Gasteiger partial charge >= 0.3 is 0 Å². The van der Waals surface area contributed by atoms with E-state index in [1.54, 1.807) is 6.92 Å². The summed E-state index contributed by atoms with van der Waals surface area (Å²) in [5, 5.41) is 12.7. The second-order valence-electron chi connectivity index (χ2n) is 6.19. The summed E-state index contributed by atoms with van der Waals surface area (Å²) in [5.41, 5.74) is 2.64. The zero-order valence-corrected chi connectivity index (χ0v) is 14.9. The van der Waals surface area contributed by atoms with E-state index in [4.69, 9.17) is 5.26 Å². The van der Waals surface area contributed by atoms with Gasteiger partial charge in [-0.3, -0.25) is 0 Å².